The molecule has 0 aliphatic carbocycles. The Labute approximate surface area is 131 Å². The van der Waals surface area contributed by atoms with E-state index in [0.29, 0.717) is 10.3 Å². The molecular weight excluding hydrogens is 308 g/mol. The van der Waals surface area contributed by atoms with Crippen LogP contribution in [-0.2, 0) is 4.79 Å². The molecule has 0 aliphatic heterocycles. The maximum atomic E-state index is 10.9. The van der Waals surface area contributed by atoms with Gasteiger partial charge in [0, 0.05) is 30.8 Å². The lowest BCUT2D eigenvalue weighted by molar-refractivity contribution is -0.109. The van der Waals surface area contributed by atoms with Gasteiger partial charge in [0.25, 0.3) is 0 Å². The summed E-state index contributed by atoms with van der Waals surface area (Å²) in [5.74, 6) is 0.168. The number of aliphatic hydroxyl groups is 2. The Balaban J connectivity index is 2.10. The summed E-state index contributed by atoms with van der Waals surface area (Å²) < 4.78 is 2.38. The van der Waals surface area contributed by atoms with Crippen LogP contribution < -0.4 is 0 Å². The number of aromatic amines is 1. The molecule has 0 spiro atoms. The fraction of sp³-hybridized carbons (Fsp3) is 0.286. The fourth-order valence-corrected chi connectivity index (χ4v) is 2.69. The molecule has 5 nitrogen and oxygen atoms in total. The molecule has 0 fully saturated rings. The maximum Gasteiger partial charge on any atom is 0.185 e. The second-order valence-electron chi connectivity index (χ2n) is 4.54. The zero-order valence-electron chi connectivity index (χ0n) is 11.4. The summed E-state index contributed by atoms with van der Waals surface area (Å²) in [6, 6.07) is 7.09. The topological polar surface area (TPSA) is 78.2 Å². The molecule has 0 aliphatic rings. The molecule has 21 heavy (non-hydrogen) atoms. The third kappa shape index (κ3) is 4.04. The Morgan fingerprint density at radius 2 is 2.05 bits per heavy atom. The van der Waals surface area contributed by atoms with Crippen LogP contribution in [-0.4, -0.2) is 36.7 Å². The van der Waals surface area contributed by atoms with Crippen LogP contribution in [0, 0.1) is 4.77 Å². The van der Waals surface area contributed by atoms with Crippen molar-refractivity contribution in [3.8, 4) is 5.69 Å². The van der Waals surface area contributed by atoms with Crippen LogP contribution in [0.3, 0.4) is 0 Å². The van der Waals surface area contributed by atoms with Gasteiger partial charge in [-0.2, -0.15) is 0 Å². The highest BCUT2D eigenvalue weighted by molar-refractivity contribution is 8.13. The highest BCUT2D eigenvalue weighted by atomic mass is 32.2. The van der Waals surface area contributed by atoms with Crippen molar-refractivity contribution < 1.29 is 15.0 Å². The Morgan fingerprint density at radius 1 is 1.38 bits per heavy atom. The number of imidazole rings is 1. The van der Waals surface area contributed by atoms with E-state index in [1.807, 2.05) is 18.3 Å². The number of nitrogens with zero attached hydrogens (tertiary/aromatic N) is 1. The van der Waals surface area contributed by atoms with Crippen molar-refractivity contribution >= 4 is 29.1 Å². The molecule has 7 heteroatoms. The number of rotatable bonds is 5. The lowest BCUT2D eigenvalue weighted by atomic mass is 10.1. The van der Waals surface area contributed by atoms with E-state index in [-0.39, 0.29) is 10.9 Å². The lowest BCUT2D eigenvalue weighted by Gasteiger charge is -2.17. The van der Waals surface area contributed by atoms with Gasteiger partial charge in [0.2, 0.25) is 0 Å². The number of nitrogens with one attached hydrogen (secondary N) is 1. The van der Waals surface area contributed by atoms with Gasteiger partial charge in [-0.3, -0.25) is 9.36 Å². The van der Waals surface area contributed by atoms with Gasteiger partial charge in [-0.25, -0.2) is 0 Å². The van der Waals surface area contributed by atoms with Gasteiger partial charge < -0.3 is 15.2 Å². The van der Waals surface area contributed by atoms with Crippen LogP contribution >= 0.6 is 24.0 Å². The average Bonchev–Trinajstić information content (AvgIpc) is 2.90. The van der Waals surface area contributed by atoms with E-state index in [1.165, 1.54) is 6.92 Å². The third-order valence-electron chi connectivity index (χ3n) is 2.98. The average molecular weight is 324 g/mol. The van der Waals surface area contributed by atoms with Gasteiger partial charge >= 0.3 is 0 Å². The fourth-order valence-electron chi connectivity index (χ4n) is 1.87. The molecule has 2 aromatic rings. The Bertz CT molecular complexity index is 663. The highest BCUT2D eigenvalue weighted by Crippen LogP contribution is 2.21. The first-order chi connectivity index (χ1) is 9.99. The Hall–Kier alpha value is -1.41. The van der Waals surface area contributed by atoms with E-state index < -0.39 is 12.2 Å². The molecule has 2 rings (SSSR count). The zero-order valence-corrected chi connectivity index (χ0v) is 13.0. The molecule has 0 radical (unpaired) electrons. The number of carbonyl (C=O) groups is 1. The van der Waals surface area contributed by atoms with E-state index in [0.717, 1.165) is 17.4 Å². The minimum atomic E-state index is -1.02. The van der Waals surface area contributed by atoms with Gasteiger partial charge in [0.05, 0.1) is 6.10 Å². The van der Waals surface area contributed by atoms with Crippen LogP contribution in [0.1, 0.15) is 18.6 Å². The van der Waals surface area contributed by atoms with Crippen LogP contribution in [0.2, 0.25) is 0 Å². The third-order valence-corrected chi connectivity index (χ3v) is 4.21. The van der Waals surface area contributed by atoms with Crippen LogP contribution in [0.15, 0.2) is 36.7 Å². The van der Waals surface area contributed by atoms with Gasteiger partial charge in [0.15, 0.2) is 9.89 Å². The quantitative estimate of drug-likeness (QED) is 0.735. The summed E-state index contributed by atoms with van der Waals surface area (Å²) in [5.41, 5.74) is 1.46. The summed E-state index contributed by atoms with van der Waals surface area (Å²) >= 11 is 6.13. The van der Waals surface area contributed by atoms with E-state index in [2.05, 4.69) is 4.98 Å². The van der Waals surface area contributed by atoms with Crippen LogP contribution in [0.4, 0.5) is 0 Å². The van der Waals surface area contributed by atoms with Gasteiger partial charge in [-0.15, -0.1) is 0 Å². The first-order valence-corrected chi connectivity index (χ1v) is 7.74. The zero-order chi connectivity index (χ0) is 15.4. The van der Waals surface area contributed by atoms with Gasteiger partial charge in [-0.05, 0) is 29.9 Å². The predicted octanol–water partition coefficient (Wildman–Crippen LogP) is 2.21. The van der Waals surface area contributed by atoms with E-state index in [4.69, 9.17) is 12.2 Å². The number of carbonyl (C=O) groups excluding carboxylic acids is 1. The van der Waals surface area contributed by atoms with E-state index in [1.54, 1.807) is 22.9 Å². The van der Waals surface area contributed by atoms with Crippen molar-refractivity contribution in [1.82, 2.24) is 9.55 Å². The van der Waals surface area contributed by atoms with Crippen molar-refractivity contribution in [1.29, 1.82) is 0 Å². The van der Waals surface area contributed by atoms with Crippen molar-refractivity contribution in [2.45, 2.75) is 19.1 Å². The van der Waals surface area contributed by atoms with Crippen molar-refractivity contribution in [3.63, 3.8) is 0 Å². The number of thioether (sulfide) groups is 1. The smallest absolute Gasteiger partial charge is 0.185 e. The van der Waals surface area contributed by atoms with E-state index >= 15 is 0 Å². The second kappa shape index (κ2) is 7.04. The molecule has 112 valence electrons. The SMILES string of the molecule is CC(=O)SCC(O)C(O)c1ccc(-n2cc[nH]c2=S)cc1. The number of aliphatic hydroxyl groups excluding tert-OH is 2. The summed E-state index contributed by atoms with van der Waals surface area (Å²) in [5, 5.41) is 19.9. The van der Waals surface area contributed by atoms with Crippen molar-refractivity contribution in [3.05, 3.63) is 47.0 Å². The van der Waals surface area contributed by atoms with Gasteiger partial charge in [-0.1, -0.05) is 23.9 Å². The van der Waals surface area contributed by atoms with E-state index in [9.17, 15) is 15.0 Å². The molecule has 0 amide bonds. The summed E-state index contributed by atoms with van der Waals surface area (Å²) in [4.78, 5) is 13.8. The highest BCUT2D eigenvalue weighted by Gasteiger charge is 2.19. The molecule has 3 N–H and O–H groups in total. The molecule has 1 heterocycles. The molecule has 2 atom stereocenters. The summed E-state index contributed by atoms with van der Waals surface area (Å²) in [7, 11) is 0. The molecule has 2 unspecified atom stereocenters. The molecule has 1 aromatic carbocycles. The predicted molar refractivity (Wildman–Crippen MR) is 85.1 cm³/mol. The van der Waals surface area contributed by atoms with Crippen LogP contribution in [0.5, 0.6) is 0 Å². The first kappa shape index (κ1) is 16.0. The largest absolute Gasteiger partial charge is 0.389 e. The van der Waals surface area contributed by atoms with Crippen molar-refractivity contribution in [2.24, 2.45) is 0 Å². The minimum Gasteiger partial charge on any atom is -0.389 e. The van der Waals surface area contributed by atoms with Gasteiger partial charge in [0.1, 0.15) is 6.10 Å². The Kier molecular flexibility index (Phi) is 5.35. The number of benzene rings is 1. The van der Waals surface area contributed by atoms with Crippen LogP contribution in [0.25, 0.3) is 5.69 Å². The number of hydrogen-bond acceptors (Lipinski definition) is 5. The molecule has 1 aromatic heterocycles. The molecule has 0 bridgehead atoms. The minimum absolute atomic E-state index is 0.0848. The first-order valence-electron chi connectivity index (χ1n) is 6.35. The number of H-pyrrole nitrogens is 1. The summed E-state index contributed by atoms with van der Waals surface area (Å²) in [6.07, 6.45) is 1.55. The number of aromatic nitrogens is 2. The second-order valence-corrected chi connectivity index (χ2v) is 6.13. The molecule has 0 saturated heterocycles. The monoisotopic (exact) mass is 324 g/mol. The molecular formula is C14H16N2O3S2. The molecule has 0 saturated carbocycles. The lowest BCUT2D eigenvalue weighted by Crippen LogP contribution is -2.21. The maximum absolute atomic E-state index is 10.9. The normalized spacial score (nSPS) is 13.9. The Morgan fingerprint density at radius 3 is 2.57 bits per heavy atom. The summed E-state index contributed by atoms with van der Waals surface area (Å²) in [6.45, 7) is 1.43. The standard InChI is InChI=1S/C14H16N2O3S2/c1-9(17)21-8-12(18)13(19)10-2-4-11(5-3-10)16-7-6-15-14(16)20/h2-7,12-13,18-19H,8H2,1H3,(H,15,20). The van der Waals surface area contributed by atoms with Crippen molar-refractivity contribution in [2.75, 3.05) is 5.75 Å². The number of hydrogen-bond donors (Lipinski definition) is 3.